The average molecular weight is 269 g/mol. The van der Waals surface area contributed by atoms with Crippen LogP contribution in [-0.4, -0.2) is 44.2 Å². The van der Waals surface area contributed by atoms with Crippen molar-refractivity contribution in [2.45, 2.75) is 19.0 Å². The van der Waals surface area contributed by atoms with Crippen LogP contribution in [0.1, 0.15) is 18.5 Å². The Labute approximate surface area is 113 Å². The summed E-state index contributed by atoms with van der Waals surface area (Å²) < 4.78 is 26.9. The van der Waals surface area contributed by atoms with Gasteiger partial charge in [-0.3, -0.25) is 4.90 Å². The molecule has 1 aromatic carbocycles. The van der Waals surface area contributed by atoms with Crippen LogP contribution >= 0.6 is 0 Å². The zero-order valence-corrected chi connectivity index (χ0v) is 11.4. The van der Waals surface area contributed by atoms with Crippen LogP contribution < -0.4 is 10.6 Å². The van der Waals surface area contributed by atoms with E-state index in [0.29, 0.717) is 5.56 Å². The first-order valence-corrected chi connectivity index (χ1v) is 6.70. The second-order valence-corrected chi connectivity index (χ2v) is 4.96. The molecule has 2 atom stereocenters. The minimum absolute atomic E-state index is 0.140. The molecule has 2 N–H and O–H groups in total. The fourth-order valence-corrected chi connectivity index (χ4v) is 2.71. The largest absolute Gasteiger partial charge is 0.314 e. The summed E-state index contributed by atoms with van der Waals surface area (Å²) in [4.78, 5) is 2.32. The van der Waals surface area contributed by atoms with Crippen LogP contribution in [-0.2, 0) is 0 Å². The van der Waals surface area contributed by atoms with E-state index in [0.717, 1.165) is 32.2 Å². The van der Waals surface area contributed by atoms with Crippen molar-refractivity contribution in [3.63, 3.8) is 0 Å². The molecule has 1 fully saturated rings. The van der Waals surface area contributed by atoms with Gasteiger partial charge in [-0.2, -0.15) is 0 Å². The van der Waals surface area contributed by atoms with Crippen molar-refractivity contribution in [1.82, 2.24) is 15.5 Å². The van der Waals surface area contributed by atoms with Crippen molar-refractivity contribution in [2.24, 2.45) is 0 Å². The average Bonchev–Trinajstić information content (AvgIpc) is 2.42. The molecular weight excluding hydrogens is 248 g/mol. The molecule has 1 heterocycles. The highest BCUT2D eigenvalue weighted by Crippen LogP contribution is 2.24. The number of hydrogen-bond donors (Lipinski definition) is 2. The van der Waals surface area contributed by atoms with Crippen LogP contribution in [0.2, 0.25) is 0 Å². The highest BCUT2D eigenvalue weighted by molar-refractivity contribution is 5.23. The van der Waals surface area contributed by atoms with Crippen LogP contribution in [0.5, 0.6) is 0 Å². The van der Waals surface area contributed by atoms with Gasteiger partial charge >= 0.3 is 0 Å². The normalized spacial score (nSPS) is 20.2. The monoisotopic (exact) mass is 269 g/mol. The molecule has 2 rings (SSSR count). The van der Waals surface area contributed by atoms with E-state index < -0.39 is 11.6 Å². The lowest BCUT2D eigenvalue weighted by Gasteiger charge is -2.37. The van der Waals surface area contributed by atoms with Crippen LogP contribution in [0.3, 0.4) is 0 Å². The molecule has 0 aliphatic carbocycles. The van der Waals surface area contributed by atoms with Crippen LogP contribution in [0.25, 0.3) is 0 Å². The number of likely N-dealkylation sites (N-methyl/N-ethyl adjacent to an activating group) is 1. The van der Waals surface area contributed by atoms with Crippen LogP contribution in [0.4, 0.5) is 8.78 Å². The maximum atomic E-state index is 13.9. The molecule has 3 nitrogen and oxygen atoms in total. The zero-order chi connectivity index (χ0) is 13.8. The Morgan fingerprint density at radius 3 is 2.53 bits per heavy atom. The van der Waals surface area contributed by atoms with Gasteiger partial charge in [-0.05, 0) is 20.0 Å². The number of halogens is 2. The Morgan fingerprint density at radius 2 is 1.95 bits per heavy atom. The van der Waals surface area contributed by atoms with Gasteiger partial charge in [0, 0.05) is 43.9 Å². The van der Waals surface area contributed by atoms with Crippen molar-refractivity contribution in [1.29, 1.82) is 0 Å². The number of piperazine rings is 1. The molecule has 5 heteroatoms. The Balaban J connectivity index is 2.18. The highest BCUT2D eigenvalue weighted by atomic mass is 19.1. The fraction of sp³-hybridized carbons (Fsp3) is 0.571. The minimum atomic E-state index is -0.536. The number of rotatable bonds is 4. The molecule has 1 aliphatic rings. The third-order valence-corrected chi connectivity index (χ3v) is 3.82. The molecule has 0 radical (unpaired) electrons. The number of nitrogens with zero attached hydrogens (tertiary/aromatic N) is 1. The van der Waals surface area contributed by atoms with Gasteiger partial charge in [0.15, 0.2) is 0 Å². The van der Waals surface area contributed by atoms with E-state index in [-0.39, 0.29) is 12.1 Å². The Bertz CT molecular complexity index is 419. The fourth-order valence-electron chi connectivity index (χ4n) is 2.71. The van der Waals surface area contributed by atoms with Crippen molar-refractivity contribution in [3.8, 4) is 0 Å². The molecule has 0 amide bonds. The number of benzene rings is 1. The van der Waals surface area contributed by atoms with Crippen molar-refractivity contribution in [3.05, 3.63) is 35.4 Å². The second kappa shape index (κ2) is 6.41. The van der Waals surface area contributed by atoms with E-state index in [1.807, 2.05) is 7.05 Å². The molecule has 2 unspecified atom stereocenters. The lowest BCUT2D eigenvalue weighted by atomic mass is 9.98. The molecule has 0 aromatic heterocycles. The molecule has 1 aliphatic heterocycles. The lowest BCUT2D eigenvalue weighted by molar-refractivity contribution is 0.152. The lowest BCUT2D eigenvalue weighted by Crippen LogP contribution is -2.51. The summed E-state index contributed by atoms with van der Waals surface area (Å²) in [6, 6.07) is 3.81. The molecule has 1 saturated heterocycles. The van der Waals surface area contributed by atoms with E-state index >= 15 is 0 Å². The first-order valence-electron chi connectivity index (χ1n) is 6.70. The van der Waals surface area contributed by atoms with Gasteiger partial charge in [0.2, 0.25) is 0 Å². The van der Waals surface area contributed by atoms with Gasteiger partial charge in [0.25, 0.3) is 0 Å². The second-order valence-electron chi connectivity index (χ2n) is 4.96. The summed E-state index contributed by atoms with van der Waals surface area (Å²) in [6.45, 7) is 5.87. The Morgan fingerprint density at radius 1 is 1.26 bits per heavy atom. The number of nitrogens with one attached hydrogen (secondary N) is 2. The predicted octanol–water partition coefficient (Wildman–Crippen LogP) is 1.52. The first-order chi connectivity index (χ1) is 9.13. The van der Waals surface area contributed by atoms with Gasteiger partial charge < -0.3 is 10.6 Å². The molecule has 19 heavy (non-hydrogen) atoms. The van der Waals surface area contributed by atoms with Gasteiger partial charge in [-0.1, -0.05) is 6.07 Å². The van der Waals surface area contributed by atoms with Gasteiger partial charge in [-0.15, -0.1) is 0 Å². The standard InChI is InChI=1S/C14H21F2N3/c1-10(19-7-5-18-6-8-19)14(17-2)12-4-3-11(15)9-13(12)16/h3-4,9-10,14,17-18H,5-8H2,1-2H3. The summed E-state index contributed by atoms with van der Waals surface area (Å²) in [5.41, 5.74) is 0.523. The van der Waals surface area contributed by atoms with Crippen molar-refractivity contribution < 1.29 is 8.78 Å². The quantitative estimate of drug-likeness (QED) is 0.868. The Kier molecular flexibility index (Phi) is 4.85. The van der Waals surface area contributed by atoms with E-state index in [4.69, 9.17) is 0 Å². The Hall–Kier alpha value is -1.04. The smallest absolute Gasteiger partial charge is 0.130 e. The molecule has 0 saturated carbocycles. The van der Waals surface area contributed by atoms with E-state index in [2.05, 4.69) is 22.5 Å². The predicted molar refractivity (Wildman–Crippen MR) is 72.1 cm³/mol. The molecule has 1 aromatic rings. The summed E-state index contributed by atoms with van der Waals surface area (Å²) in [6.07, 6.45) is 0. The van der Waals surface area contributed by atoms with Crippen molar-refractivity contribution in [2.75, 3.05) is 33.2 Å². The van der Waals surface area contributed by atoms with Gasteiger partial charge in [-0.25, -0.2) is 8.78 Å². The SMILES string of the molecule is CNC(c1ccc(F)cc1F)C(C)N1CCNCC1. The molecular formula is C14H21F2N3. The van der Waals surface area contributed by atoms with Gasteiger partial charge in [0.1, 0.15) is 11.6 Å². The van der Waals surface area contributed by atoms with Crippen LogP contribution in [0.15, 0.2) is 18.2 Å². The highest BCUT2D eigenvalue weighted by Gasteiger charge is 2.26. The van der Waals surface area contributed by atoms with E-state index in [1.165, 1.54) is 12.1 Å². The first kappa shape index (κ1) is 14.4. The molecule has 0 bridgehead atoms. The molecule has 0 spiro atoms. The van der Waals surface area contributed by atoms with Crippen molar-refractivity contribution >= 4 is 0 Å². The third kappa shape index (κ3) is 3.29. The zero-order valence-electron chi connectivity index (χ0n) is 11.4. The minimum Gasteiger partial charge on any atom is -0.314 e. The summed E-state index contributed by atoms with van der Waals surface area (Å²) in [7, 11) is 1.81. The van der Waals surface area contributed by atoms with Gasteiger partial charge in [0.05, 0.1) is 6.04 Å². The maximum absolute atomic E-state index is 13.9. The van der Waals surface area contributed by atoms with Crippen LogP contribution in [0, 0.1) is 11.6 Å². The van der Waals surface area contributed by atoms with E-state index in [1.54, 1.807) is 0 Å². The molecule has 106 valence electrons. The van der Waals surface area contributed by atoms with E-state index in [9.17, 15) is 8.78 Å². The summed E-state index contributed by atoms with van der Waals surface area (Å²) in [5.74, 6) is -1.02. The maximum Gasteiger partial charge on any atom is 0.130 e. The summed E-state index contributed by atoms with van der Waals surface area (Å²) >= 11 is 0. The topological polar surface area (TPSA) is 27.3 Å². The number of hydrogen-bond acceptors (Lipinski definition) is 3. The third-order valence-electron chi connectivity index (χ3n) is 3.82. The summed E-state index contributed by atoms with van der Waals surface area (Å²) in [5, 5.41) is 6.45.